The molecular weight excluding hydrogens is 290 g/mol. The number of carbonyl (C=O) groups is 1. The van der Waals surface area contributed by atoms with Gasteiger partial charge in [-0.25, -0.2) is 17.9 Å². The topological polar surface area (TPSA) is 96.6 Å². The lowest BCUT2D eigenvalue weighted by molar-refractivity contribution is 0.0695. The molecule has 2 aromatic heterocycles. The van der Waals surface area contributed by atoms with Crippen molar-refractivity contribution >= 4 is 27.3 Å². The van der Waals surface area contributed by atoms with Gasteiger partial charge in [-0.2, -0.15) is 0 Å². The molecule has 0 bridgehead atoms. The standard InChI is InChI=1S/C11H11NO5S2/c1-7-9(11(13)14)5-8(17-7)6-12-19(15,16)10-3-2-4-18-10/h2-5,12H,6H2,1H3,(H,13,14). The molecule has 0 aliphatic carbocycles. The number of carboxylic acids is 1. The minimum atomic E-state index is -3.58. The minimum Gasteiger partial charge on any atom is -0.478 e. The van der Waals surface area contributed by atoms with Gasteiger partial charge in [-0.3, -0.25) is 0 Å². The van der Waals surface area contributed by atoms with Gasteiger partial charge in [0.15, 0.2) is 0 Å². The maximum absolute atomic E-state index is 11.8. The Bertz CT molecular complexity index is 685. The van der Waals surface area contributed by atoms with Crippen LogP contribution in [-0.4, -0.2) is 19.5 Å². The summed E-state index contributed by atoms with van der Waals surface area (Å²) in [6, 6.07) is 4.44. The second kappa shape index (κ2) is 5.16. The Labute approximate surface area is 113 Å². The molecule has 0 atom stereocenters. The van der Waals surface area contributed by atoms with Crippen molar-refractivity contribution in [3.63, 3.8) is 0 Å². The highest BCUT2D eigenvalue weighted by atomic mass is 32.2. The van der Waals surface area contributed by atoms with E-state index in [0.29, 0.717) is 0 Å². The zero-order chi connectivity index (χ0) is 14.0. The fraction of sp³-hybridized carbons (Fsp3) is 0.182. The van der Waals surface area contributed by atoms with E-state index >= 15 is 0 Å². The van der Waals surface area contributed by atoms with Crippen molar-refractivity contribution in [3.8, 4) is 0 Å². The molecule has 0 aliphatic heterocycles. The third kappa shape index (κ3) is 3.03. The highest BCUT2D eigenvalue weighted by molar-refractivity contribution is 7.91. The van der Waals surface area contributed by atoms with E-state index in [0.717, 1.165) is 11.3 Å². The number of carboxylic acid groups (broad SMARTS) is 1. The van der Waals surface area contributed by atoms with E-state index in [9.17, 15) is 13.2 Å². The van der Waals surface area contributed by atoms with Crippen LogP contribution in [0.5, 0.6) is 0 Å². The summed E-state index contributed by atoms with van der Waals surface area (Å²) in [5.74, 6) is -0.596. The van der Waals surface area contributed by atoms with E-state index in [2.05, 4.69) is 4.72 Å². The Morgan fingerprint density at radius 2 is 2.26 bits per heavy atom. The second-order valence-corrected chi connectivity index (χ2v) is 6.69. The Kier molecular flexibility index (Phi) is 3.74. The Hall–Kier alpha value is -1.64. The number of sulfonamides is 1. The fourth-order valence-electron chi connectivity index (χ4n) is 1.50. The first-order chi connectivity index (χ1) is 8.90. The molecule has 2 N–H and O–H groups in total. The molecule has 0 saturated heterocycles. The molecule has 19 heavy (non-hydrogen) atoms. The highest BCUT2D eigenvalue weighted by Crippen LogP contribution is 2.18. The second-order valence-electron chi connectivity index (χ2n) is 3.74. The lowest BCUT2D eigenvalue weighted by Crippen LogP contribution is -2.22. The van der Waals surface area contributed by atoms with Gasteiger partial charge in [-0.1, -0.05) is 6.07 Å². The van der Waals surface area contributed by atoms with Gasteiger partial charge in [-0.15, -0.1) is 11.3 Å². The lowest BCUT2D eigenvalue weighted by Gasteiger charge is -2.01. The number of furan rings is 1. The molecule has 0 aromatic carbocycles. The fourth-order valence-corrected chi connectivity index (χ4v) is 3.53. The van der Waals surface area contributed by atoms with E-state index in [-0.39, 0.29) is 27.8 Å². The van der Waals surface area contributed by atoms with Crippen molar-refractivity contribution in [2.45, 2.75) is 17.7 Å². The van der Waals surface area contributed by atoms with E-state index in [1.54, 1.807) is 11.4 Å². The van der Waals surface area contributed by atoms with Crippen LogP contribution in [0, 0.1) is 6.92 Å². The summed E-state index contributed by atoms with van der Waals surface area (Å²) in [7, 11) is -3.58. The van der Waals surface area contributed by atoms with Crippen LogP contribution in [-0.2, 0) is 16.6 Å². The first kappa shape index (κ1) is 13.8. The summed E-state index contributed by atoms with van der Waals surface area (Å²) in [5.41, 5.74) is 0.0327. The predicted octanol–water partition coefficient (Wildman–Crippen LogP) is 1.83. The van der Waals surface area contributed by atoms with Crippen molar-refractivity contribution in [3.05, 3.63) is 40.7 Å². The number of nitrogens with one attached hydrogen (secondary N) is 1. The van der Waals surface area contributed by atoms with Crippen LogP contribution in [0.4, 0.5) is 0 Å². The average Bonchev–Trinajstić information content (AvgIpc) is 2.95. The van der Waals surface area contributed by atoms with Gasteiger partial charge < -0.3 is 9.52 Å². The van der Waals surface area contributed by atoms with Gasteiger partial charge >= 0.3 is 5.97 Å². The highest BCUT2D eigenvalue weighted by Gasteiger charge is 2.18. The van der Waals surface area contributed by atoms with Gasteiger partial charge in [0, 0.05) is 0 Å². The molecule has 8 heteroatoms. The summed E-state index contributed by atoms with van der Waals surface area (Å²) >= 11 is 1.10. The molecule has 0 amide bonds. The van der Waals surface area contributed by atoms with Crippen LogP contribution in [0.2, 0.25) is 0 Å². The van der Waals surface area contributed by atoms with Crippen LogP contribution < -0.4 is 4.72 Å². The van der Waals surface area contributed by atoms with Crippen LogP contribution in [0.1, 0.15) is 21.9 Å². The predicted molar refractivity (Wildman–Crippen MR) is 68.7 cm³/mol. The third-order valence-corrected chi connectivity index (χ3v) is 5.19. The van der Waals surface area contributed by atoms with E-state index < -0.39 is 16.0 Å². The van der Waals surface area contributed by atoms with Crippen LogP contribution >= 0.6 is 11.3 Å². The van der Waals surface area contributed by atoms with Gasteiger partial charge in [-0.05, 0) is 24.4 Å². The molecule has 0 aliphatic rings. The van der Waals surface area contributed by atoms with Crippen molar-refractivity contribution in [1.82, 2.24) is 4.72 Å². The van der Waals surface area contributed by atoms with Crippen LogP contribution in [0.15, 0.2) is 32.2 Å². The first-order valence-electron chi connectivity index (χ1n) is 5.26. The molecular formula is C11H11NO5S2. The largest absolute Gasteiger partial charge is 0.478 e. The number of thiophene rings is 1. The van der Waals surface area contributed by atoms with Gasteiger partial charge in [0.2, 0.25) is 10.0 Å². The third-order valence-electron chi connectivity index (χ3n) is 2.40. The molecule has 0 spiro atoms. The average molecular weight is 301 g/mol. The smallest absolute Gasteiger partial charge is 0.339 e. The summed E-state index contributed by atoms with van der Waals surface area (Å²) in [5, 5.41) is 10.5. The molecule has 0 saturated carbocycles. The molecule has 2 rings (SSSR count). The number of rotatable bonds is 5. The molecule has 0 unspecified atom stereocenters. The van der Waals surface area contributed by atoms with Crippen molar-refractivity contribution in [2.24, 2.45) is 0 Å². The van der Waals surface area contributed by atoms with Crippen LogP contribution in [0.3, 0.4) is 0 Å². The van der Waals surface area contributed by atoms with E-state index in [4.69, 9.17) is 9.52 Å². The number of hydrogen-bond donors (Lipinski definition) is 2. The zero-order valence-corrected chi connectivity index (χ0v) is 11.5. The van der Waals surface area contributed by atoms with Crippen molar-refractivity contribution < 1.29 is 22.7 Å². The summed E-state index contributed by atoms with van der Waals surface area (Å²) < 4.78 is 31.4. The van der Waals surface area contributed by atoms with Gasteiger partial charge in [0.25, 0.3) is 0 Å². The summed E-state index contributed by atoms with van der Waals surface area (Å²) in [6.45, 7) is 1.43. The maximum atomic E-state index is 11.8. The number of hydrogen-bond acceptors (Lipinski definition) is 5. The maximum Gasteiger partial charge on any atom is 0.339 e. The monoisotopic (exact) mass is 301 g/mol. The molecule has 2 aromatic rings. The minimum absolute atomic E-state index is 0.0327. The Morgan fingerprint density at radius 1 is 1.53 bits per heavy atom. The molecule has 6 nitrogen and oxygen atoms in total. The molecule has 2 heterocycles. The van der Waals surface area contributed by atoms with E-state index in [1.165, 1.54) is 19.1 Å². The Morgan fingerprint density at radius 3 is 2.79 bits per heavy atom. The molecule has 102 valence electrons. The quantitative estimate of drug-likeness (QED) is 0.878. The lowest BCUT2D eigenvalue weighted by atomic mass is 10.2. The Balaban J connectivity index is 2.11. The summed E-state index contributed by atoms with van der Waals surface area (Å²) in [4.78, 5) is 10.8. The molecule has 0 fully saturated rings. The van der Waals surface area contributed by atoms with E-state index in [1.807, 2.05) is 0 Å². The van der Waals surface area contributed by atoms with Crippen LogP contribution in [0.25, 0.3) is 0 Å². The number of aryl methyl sites for hydroxylation is 1. The van der Waals surface area contributed by atoms with Crippen molar-refractivity contribution in [2.75, 3.05) is 0 Å². The van der Waals surface area contributed by atoms with Crippen molar-refractivity contribution in [1.29, 1.82) is 0 Å². The van der Waals surface area contributed by atoms with Gasteiger partial charge in [0.1, 0.15) is 21.3 Å². The SMILES string of the molecule is Cc1oc(CNS(=O)(=O)c2cccs2)cc1C(=O)O. The normalized spacial score (nSPS) is 11.6. The summed E-state index contributed by atoms with van der Waals surface area (Å²) in [6.07, 6.45) is 0. The first-order valence-corrected chi connectivity index (χ1v) is 7.62. The van der Waals surface area contributed by atoms with Gasteiger partial charge in [0.05, 0.1) is 6.54 Å². The number of aromatic carboxylic acids is 1. The molecule has 0 radical (unpaired) electrons. The zero-order valence-electron chi connectivity index (χ0n) is 9.91.